The highest BCUT2D eigenvalue weighted by molar-refractivity contribution is 5.98. The number of fused-ring (bicyclic) bond motifs is 1. The van der Waals surface area contributed by atoms with Crippen LogP contribution in [-0.2, 0) is 22.8 Å². The fourth-order valence-electron chi connectivity index (χ4n) is 3.38. The van der Waals surface area contributed by atoms with Gasteiger partial charge in [0.1, 0.15) is 0 Å². The van der Waals surface area contributed by atoms with Gasteiger partial charge >= 0.3 is 6.03 Å². The number of aryl methyl sites for hydroxylation is 1. The van der Waals surface area contributed by atoms with Gasteiger partial charge in [0.15, 0.2) is 6.23 Å². The molecule has 152 valence electrons. The maximum Gasteiger partial charge on any atom is 0.319 e. The Morgan fingerprint density at radius 1 is 1.31 bits per heavy atom. The molecule has 1 fully saturated rings. The van der Waals surface area contributed by atoms with Crippen LogP contribution >= 0.6 is 0 Å². The minimum atomic E-state index is -0.363. The van der Waals surface area contributed by atoms with Crippen LogP contribution in [0.3, 0.4) is 0 Å². The van der Waals surface area contributed by atoms with E-state index in [1.807, 2.05) is 25.1 Å². The second-order valence-electron chi connectivity index (χ2n) is 7.10. The highest BCUT2D eigenvalue weighted by Gasteiger charge is 2.34. The van der Waals surface area contributed by atoms with Gasteiger partial charge in [0, 0.05) is 36.4 Å². The van der Waals surface area contributed by atoms with Crippen LogP contribution in [0, 0.1) is 6.92 Å². The first-order valence-electron chi connectivity index (χ1n) is 9.37. The predicted octanol–water partition coefficient (Wildman–Crippen LogP) is 2.04. The van der Waals surface area contributed by atoms with E-state index in [0.717, 1.165) is 16.7 Å². The van der Waals surface area contributed by atoms with E-state index in [2.05, 4.69) is 16.3 Å². The van der Waals surface area contributed by atoms with E-state index in [9.17, 15) is 9.59 Å². The lowest BCUT2D eigenvalue weighted by Gasteiger charge is -2.30. The highest BCUT2D eigenvalue weighted by Crippen LogP contribution is 2.27. The summed E-state index contributed by atoms with van der Waals surface area (Å²) < 4.78 is 0. The number of hydrogen-bond acceptors (Lipinski definition) is 6. The standard InChI is InChI=1S/C20H23N5O4/c1-12-2-4-15(9-17(12)21)23-20(27)22-10-13-3-5-16-14(8-13)11-25(19(16)26)18-6-7-28-24-29-18/h2-5,8-9,18,24H,6-7,10-11,21H2,1H3,(H2,22,23,27). The molecular weight excluding hydrogens is 374 g/mol. The van der Waals surface area contributed by atoms with E-state index in [1.165, 1.54) is 0 Å². The molecule has 0 aromatic heterocycles. The van der Waals surface area contributed by atoms with Crippen molar-refractivity contribution in [2.45, 2.75) is 32.7 Å². The summed E-state index contributed by atoms with van der Waals surface area (Å²) in [6, 6.07) is 10.6. The Balaban J connectivity index is 1.36. The quantitative estimate of drug-likeness (QED) is 0.587. The number of urea groups is 1. The van der Waals surface area contributed by atoms with Crippen LogP contribution in [0.5, 0.6) is 0 Å². The predicted molar refractivity (Wildman–Crippen MR) is 106 cm³/mol. The summed E-state index contributed by atoms with van der Waals surface area (Å²) in [4.78, 5) is 36.7. The van der Waals surface area contributed by atoms with Crippen molar-refractivity contribution >= 4 is 23.3 Å². The Bertz CT molecular complexity index is 942. The molecule has 2 aromatic rings. The Labute approximate surface area is 168 Å². The lowest BCUT2D eigenvalue weighted by atomic mass is 10.1. The zero-order valence-corrected chi connectivity index (χ0v) is 16.0. The van der Waals surface area contributed by atoms with Crippen LogP contribution in [0.15, 0.2) is 36.4 Å². The molecule has 2 aliphatic rings. The van der Waals surface area contributed by atoms with Crippen LogP contribution in [0.25, 0.3) is 0 Å². The monoisotopic (exact) mass is 397 g/mol. The number of nitrogens with one attached hydrogen (secondary N) is 3. The van der Waals surface area contributed by atoms with E-state index in [1.54, 1.807) is 23.1 Å². The van der Waals surface area contributed by atoms with Crippen LogP contribution in [-0.4, -0.2) is 29.7 Å². The number of rotatable bonds is 4. The third-order valence-corrected chi connectivity index (χ3v) is 5.05. The number of benzene rings is 2. The Morgan fingerprint density at radius 2 is 2.17 bits per heavy atom. The van der Waals surface area contributed by atoms with Gasteiger partial charge < -0.3 is 21.3 Å². The van der Waals surface area contributed by atoms with Gasteiger partial charge in [0.25, 0.3) is 5.91 Å². The van der Waals surface area contributed by atoms with Crippen molar-refractivity contribution in [1.29, 1.82) is 0 Å². The maximum absolute atomic E-state index is 12.6. The molecule has 0 radical (unpaired) electrons. The number of carbonyl (C=O) groups excluding carboxylic acids is 2. The molecule has 9 heteroatoms. The molecule has 3 amide bonds. The summed E-state index contributed by atoms with van der Waals surface area (Å²) in [5.41, 5.74) is 12.9. The first kappa shape index (κ1) is 19.2. The van der Waals surface area contributed by atoms with Crippen molar-refractivity contribution in [2.24, 2.45) is 0 Å². The molecule has 4 rings (SSSR count). The number of anilines is 2. The number of amides is 3. The van der Waals surface area contributed by atoms with Gasteiger partial charge in [-0.1, -0.05) is 23.8 Å². The van der Waals surface area contributed by atoms with E-state index in [-0.39, 0.29) is 18.2 Å². The fraction of sp³-hybridized carbons (Fsp3) is 0.300. The Morgan fingerprint density at radius 3 is 2.93 bits per heavy atom. The van der Waals surface area contributed by atoms with E-state index in [0.29, 0.717) is 43.1 Å². The number of hydrogen-bond donors (Lipinski definition) is 4. The van der Waals surface area contributed by atoms with Crippen molar-refractivity contribution < 1.29 is 19.3 Å². The lowest BCUT2D eigenvalue weighted by molar-refractivity contribution is -0.266. The summed E-state index contributed by atoms with van der Waals surface area (Å²) in [5.74, 6) is -0.0667. The van der Waals surface area contributed by atoms with Crippen molar-refractivity contribution in [1.82, 2.24) is 15.9 Å². The molecule has 5 N–H and O–H groups in total. The summed E-state index contributed by atoms with van der Waals surface area (Å²) in [5, 5.41) is 5.58. The molecule has 2 aliphatic heterocycles. The summed E-state index contributed by atoms with van der Waals surface area (Å²) in [6.45, 7) is 3.18. The maximum atomic E-state index is 12.6. The molecule has 0 spiro atoms. The lowest BCUT2D eigenvalue weighted by Crippen LogP contribution is -2.45. The van der Waals surface area contributed by atoms with E-state index < -0.39 is 0 Å². The number of nitrogens with two attached hydrogens (primary N) is 1. The topological polar surface area (TPSA) is 118 Å². The second kappa shape index (κ2) is 8.08. The molecule has 9 nitrogen and oxygen atoms in total. The molecule has 1 atom stereocenters. The minimum Gasteiger partial charge on any atom is -0.398 e. The third kappa shape index (κ3) is 4.16. The number of carbonyl (C=O) groups is 2. The fourth-order valence-corrected chi connectivity index (χ4v) is 3.38. The third-order valence-electron chi connectivity index (χ3n) is 5.05. The molecule has 0 bridgehead atoms. The molecule has 0 aliphatic carbocycles. The van der Waals surface area contributed by atoms with Crippen molar-refractivity contribution in [2.75, 3.05) is 17.7 Å². The van der Waals surface area contributed by atoms with Gasteiger partial charge in [-0.25, -0.2) is 4.79 Å². The van der Waals surface area contributed by atoms with E-state index in [4.69, 9.17) is 15.4 Å². The smallest absolute Gasteiger partial charge is 0.319 e. The molecule has 2 heterocycles. The van der Waals surface area contributed by atoms with Gasteiger partial charge in [-0.2, -0.15) is 0 Å². The number of nitrogens with zero attached hydrogens (tertiary/aromatic N) is 1. The van der Waals surface area contributed by atoms with Crippen LogP contribution in [0.1, 0.15) is 33.5 Å². The van der Waals surface area contributed by atoms with Gasteiger partial charge in [0.2, 0.25) is 0 Å². The minimum absolute atomic E-state index is 0.0667. The van der Waals surface area contributed by atoms with Crippen molar-refractivity contribution in [3.63, 3.8) is 0 Å². The van der Waals surface area contributed by atoms with Gasteiger partial charge in [-0.3, -0.25) is 14.5 Å². The highest BCUT2D eigenvalue weighted by atomic mass is 16.9. The SMILES string of the molecule is Cc1ccc(NC(=O)NCc2ccc3c(c2)CN(C2CCONO2)C3=O)cc1N. The molecule has 1 saturated heterocycles. The molecule has 29 heavy (non-hydrogen) atoms. The normalized spacial score (nSPS) is 18.4. The van der Waals surface area contributed by atoms with Crippen molar-refractivity contribution in [3.05, 3.63) is 58.7 Å². The Hall–Kier alpha value is -3.14. The van der Waals surface area contributed by atoms with Crippen LogP contribution < -0.4 is 22.0 Å². The number of nitrogen functional groups attached to an aromatic ring is 1. The van der Waals surface area contributed by atoms with Crippen molar-refractivity contribution in [3.8, 4) is 0 Å². The van der Waals surface area contributed by atoms with Crippen LogP contribution in [0.2, 0.25) is 0 Å². The molecule has 2 aromatic carbocycles. The largest absolute Gasteiger partial charge is 0.398 e. The molecular formula is C20H23N5O4. The zero-order valence-electron chi connectivity index (χ0n) is 16.0. The first-order chi connectivity index (χ1) is 14.0. The van der Waals surface area contributed by atoms with E-state index >= 15 is 0 Å². The summed E-state index contributed by atoms with van der Waals surface area (Å²) in [7, 11) is 0. The Kier molecular flexibility index (Phi) is 5.34. The van der Waals surface area contributed by atoms with Gasteiger partial charge in [0.05, 0.1) is 6.61 Å². The van der Waals surface area contributed by atoms with Gasteiger partial charge in [-0.05, 0) is 41.8 Å². The van der Waals surface area contributed by atoms with Gasteiger partial charge in [-0.15, -0.1) is 0 Å². The average molecular weight is 397 g/mol. The zero-order chi connectivity index (χ0) is 20.4. The second-order valence-corrected chi connectivity index (χ2v) is 7.10. The first-order valence-corrected chi connectivity index (χ1v) is 9.37. The molecule has 0 saturated carbocycles. The summed E-state index contributed by atoms with van der Waals surface area (Å²) >= 11 is 0. The molecule has 1 unspecified atom stereocenters. The summed E-state index contributed by atoms with van der Waals surface area (Å²) in [6.07, 6.45) is 0.239. The average Bonchev–Trinajstić information content (AvgIpc) is 3.06. The van der Waals surface area contributed by atoms with Crippen LogP contribution in [0.4, 0.5) is 16.2 Å².